The Kier molecular flexibility index (Phi) is 8.44. The van der Waals surface area contributed by atoms with Crippen molar-refractivity contribution in [1.82, 2.24) is 14.9 Å². The van der Waals surface area contributed by atoms with E-state index in [9.17, 15) is 8.42 Å². The lowest BCUT2D eigenvalue weighted by Gasteiger charge is -2.18. The Hall–Kier alpha value is -1.25. The first-order valence-corrected chi connectivity index (χ1v) is 12.3. The lowest BCUT2D eigenvalue weighted by molar-refractivity contribution is 0.424. The molecule has 1 aliphatic carbocycles. The molecule has 0 aliphatic heterocycles. The third-order valence-electron chi connectivity index (χ3n) is 4.45. The van der Waals surface area contributed by atoms with Gasteiger partial charge in [-0.2, -0.15) is 0 Å². The van der Waals surface area contributed by atoms with Gasteiger partial charge in [-0.3, -0.25) is 4.99 Å². The smallest absolute Gasteiger partial charge is 0.211 e. The maximum atomic E-state index is 11.6. The van der Waals surface area contributed by atoms with Crippen molar-refractivity contribution in [2.75, 3.05) is 39.0 Å². The minimum Gasteiger partial charge on any atom is -0.357 e. The zero-order valence-electron chi connectivity index (χ0n) is 16.6. The Labute approximate surface area is 168 Å². The van der Waals surface area contributed by atoms with Crippen LogP contribution in [0.5, 0.6) is 0 Å². The Morgan fingerprint density at radius 1 is 1.22 bits per heavy atom. The summed E-state index contributed by atoms with van der Waals surface area (Å²) < 4.78 is 25.0. The third kappa shape index (κ3) is 7.71. The van der Waals surface area contributed by atoms with Crippen LogP contribution < -0.4 is 10.6 Å². The molecule has 0 aromatic heterocycles. The zero-order chi connectivity index (χ0) is 19.8. The lowest BCUT2D eigenvalue weighted by Crippen LogP contribution is -2.40. The highest BCUT2D eigenvalue weighted by molar-refractivity contribution is 8.01. The Morgan fingerprint density at radius 2 is 1.93 bits per heavy atom. The van der Waals surface area contributed by atoms with Crippen molar-refractivity contribution >= 4 is 27.7 Å². The van der Waals surface area contributed by atoms with Crippen LogP contribution in [0.4, 0.5) is 0 Å². The molecule has 2 N–H and O–H groups in total. The minimum atomic E-state index is -3.12. The van der Waals surface area contributed by atoms with Crippen molar-refractivity contribution in [1.29, 1.82) is 0 Å². The molecule has 0 unspecified atom stereocenters. The summed E-state index contributed by atoms with van der Waals surface area (Å²) in [6.07, 6.45) is 4.38. The lowest BCUT2D eigenvalue weighted by atomic mass is 10.4. The van der Waals surface area contributed by atoms with Crippen LogP contribution in [0.1, 0.15) is 33.1 Å². The molecule has 0 heterocycles. The molecule has 6 nitrogen and oxygen atoms in total. The monoisotopic (exact) mass is 412 g/mol. The number of aliphatic imine (C=N–C) groups is 1. The molecule has 152 valence electrons. The molecule has 1 saturated carbocycles. The third-order valence-corrected chi connectivity index (χ3v) is 7.31. The highest BCUT2D eigenvalue weighted by Gasteiger charge is 2.43. The van der Waals surface area contributed by atoms with E-state index in [4.69, 9.17) is 4.99 Å². The number of hydrogen-bond acceptors (Lipinski definition) is 4. The van der Waals surface area contributed by atoms with Gasteiger partial charge >= 0.3 is 0 Å². The van der Waals surface area contributed by atoms with Gasteiger partial charge in [-0.15, -0.1) is 11.8 Å². The number of rotatable bonds is 11. The average Bonchev–Trinajstić information content (AvgIpc) is 3.39. The number of thioether (sulfide) groups is 1. The average molecular weight is 413 g/mol. The highest BCUT2D eigenvalue weighted by Crippen LogP contribution is 2.51. The van der Waals surface area contributed by atoms with Crippen LogP contribution in [0, 0.1) is 0 Å². The zero-order valence-corrected chi connectivity index (χ0v) is 18.2. The van der Waals surface area contributed by atoms with Gasteiger partial charge in [0.25, 0.3) is 0 Å². The van der Waals surface area contributed by atoms with E-state index in [0.717, 1.165) is 25.5 Å². The van der Waals surface area contributed by atoms with Crippen LogP contribution in [0.15, 0.2) is 40.2 Å². The summed E-state index contributed by atoms with van der Waals surface area (Å²) in [5.74, 6) is 0.805. The minimum absolute atomic E-state index is 0.221. The first-order chi connectivity index (χ1) is 12.9. The summed E-state index contributed by atoms with van der Waals surface area (Å²) >= 11 is 1.92. The van der Waals surface area contributed by atoms with E-state index >= 15 is 0 Å². The van der Waals surface area contributed by atoms with Crippen molar-refractivity contribution in [3.63, 3.8) is 0 Å². The van der Waals surface area contributed by atoms with Crippen molar-refractivity contribution in [3.8, 4) is 0 Å². The van der Waals surface area contributed by atoms with E-state index in [1.807, 2.05) is 31.7 Å². The van der Waals surface area contributed by atoms with Crippen LogP contribution in [0.3, 0.4) is 0 Å². The molecule has 1 aliphatic rings. The van der Waals surface area contributed by atoms with Crippen LogP contribution >= 0.6 is 11.8 Å². The fourth-order valence-electron chi connectivity index (χ4n) is 2.76. The number of sulfonamides is 1. The van der Waals surface area contributed by atoms with E-state index in [1.165, 1.54) is 28.3 Å². The van der Waals surface area contributed by atoms with Crippen LogP contribution in [0.2, 0.25) is 0 Å². The maximum absolute atomic E-state index is 11.6. The predicted molar refractivity (Wildman–Crippen MR) is 115 cm³/mol. The normalized spacial score (nSPS) is 16.4. The number of nitrogens with one attached hydrogen (secondary N) is 2. The maximum Gasteiger partial charge on any atom is 0.211 e. The van der Waals surface area contributed by atoms with E-state index in [2.05, 4.69) is 34.9 Å². The van der Waals surface area contributed by atoms with Crippen LogP contribution in [-0.2, 0) is 10.0 Å². The Bertz CT molecular complexity index is 704. The fourth-order valence-corrected chi connectivity index (χ4v) is 4.91. The first-order valence-electron chi connectivity index (χ1n) is 9.60. The van der Waals surface area contributed by atoms with Gasteiger partial charge in [0, 0.05) is 35.8 Å². The Morgan fingerprint density at radius 3 is 2.48 bits per heavy atom. The second-order valence-electron chi connectivity index (χ2n) is 6.83. The van der Waals surface area contributed by atoms with Crippen LogP contribution in [-0.4, -0.2) is 62.4 Å². The molecule has 0 spiro atoms. The van der Waals surface area contributed by atoms with Crippen LogP contribution in [0.25, 0.3) is 0 Å². The number of nitrogens with zero attached hydrogens (tertiary/aromatic N) is 2. The summed E-state index contributed by atoms with van der Waals surface area (Å²) in [6.45, 7) is 7.21. The highest BCUT2D eigenvalue weighted by atomic mass is 32.2. The van der Waals surface area contributed by atoms with Gasteiger partial charge in [0.2, 0.25) is 10.0 Å². The quantitative estimate of drug-likeness (QED) is 0.332. The topological polar surface area (TPSA) is 73.8 Å². The second-order valence-corrected chi connectivity index (χ2v) is 10.4. The molecule has 1 aromatic carbocycles. The van der Waals surface area contributed by atoms with E-state index in [0.29, 0.717) is 19.6 Å². The van der Waals surface area contributed by atoms with E-state index < -0.39 is 10.0 Å². The molecular formula is C19H32N4O2S2. The molecule has 1 fully saturated rings. The van der Waals surface area contributed by atoms with Gasteiger partial charge < -0.3 is 10.6 Å². The molecule has 27 heavy (non-hydrogen) atoms. The van der Waals surface area contributed by atoms with E-state index in [1.54, 1.807) is 0 Å². The van der Waals surface area contributed by atoms with E-state index in [-0.39, 0.29) is 4.75 Å². The molecule has 1 aromatic rings. The van der Waals surface area contributed by atoms with Gasteiger partial charge in [-0.1, -0.05) is 25.1 Å². The second kappa shape index (κ2) is 10.3. The Balaban J connectivity index is 1.82. The van der Waals surface area contributed by atoms with Crippen molar-refractivity contribution in [3.05, 3.63) is 30.3 Å². The molecule has 0 bridgehead atoms. The molecule has 2 rings (SSSR count). The molecular weight excluding hydrogens is 380 g/mol. The van der Waals surface area contributed by atoms with Gasteiger partial charge in [0.05, 0.1) is 12.8 Å². The van der Waals surface area contributed by atoms with Crippen molar-refractivity contribution in [2.45, 2.75) is 42.8 Å². The predicted octanol–water partition coefficient (Wildman–Crippen LogP) is 2.54. The summed E-state index contributed by atoms with van der Waals surface area (Å²) in [6, 6.07) is 10.5. The number of hydrogen-bond donors (Lipinski definition) is 2. The number of guanidine groups is 1. The molecule has 0 radical (unpaired) electrons. The molecule has 8 heteroatoms. The van der Waals surface area contributed by atoms with Gasteiger partial charge in [-0.25, -0.2) is 12.7 Å². The van der Waals surface area contributed by atoms with Crippen molar-refractivity contribution < 1.29 is 8.42 Å². The summed E-state index contributed by atoms with van der Waals surface area (Å²) in [4.78, 5) is 6.07. The summed E-state index contributed by atoms with van der Waals surface area (Å²) in [5, 5.41) is 6.60. The standard InChI is InChI=1S/C19H32N4O2S2/c1-4-20-18(21-14-9-15-23(5-2)27(3,24)25)22-16-19(12-13-19)26-17-10-7-6-8-11-17/h6-8,10-11H,4-5,9,12-16H2,1-3H3,(H2,20,21,22). The van der Waals surface area contributed by atoms with Gasteiger partial charge in [0.1, 0.15) is 0 Å². The summed E-state index contributed by atoms with van der Waals surface area (Å²) in [7, 11) is -3.12. The van der Waals surface area contributed by atoms with Crippen molar-refractivity contribution in [2.24, 2.45) is 4.99 Å². The molecule has 0 amide bonds. The van der Waals surface area contributed by atoms with Gasteiger partial charge in [-0.05, 0) is 38.3 Å². The largest absolute Gasteiger partial charge is 0.357 e. The molecule has 0 atom stereocenters. The summed E-state index contributed by atoms with van der Waals surface area (Å²) in [5.41, 5.74) is 0. The number of benzene rings is 1. The fraction of sp³-hybridized carbons (Fsp3) is 0.632. The first kappa shape index (κ1) is 22.0. The SMILES string of the molecule is CCNC(=NCC1(Sc2ccccc2)CC1)NCCCN(CC)S(C)(=O)=O. The molecule has 0 saturated heterocycles. The van der Waals surface area contributed by atoms with Gasteiger partial charge in [0.15, 0.2) is 5.96 Å².